The number of hydrogen-bond acceptors (Lipinski definition) is 4. The lowest BCUT2D eigenvalue weighted by Crippen LogP contribution is -2.31. The molecule has 1 aromatic carbocycles. The third kappa shape index (κ3) is 4.98. The lowest BCUT2D eigenvalue weighted by Gasteiger charge is -2.10. The Labute approximate surface area is 112 Å². The predicted octanol–water partition coefficient (Wildman–Crippen LogP) is 0.363. The molecule has 0 heterocycles. The molecule has 1 unspecified atom stereocenters. The van der Waals surface area contributed by atoms with Crippen LogP contribution in [0.3, 0.4) is 0 Å². The van der Waals surface area contributed by atoms with E-state index in [4.69, 9.17) is 5.11 Å². The summed E-state index contributed by atoms with van der Waals surface area (Å²) in [5.41, 5.74) is 0.528. The minimum atomic E-state index is -3.67. The van der Waals surface area contributed by atoms with Gasteiger partial charge in [0.05, 0.1) is 17.4 Å². The fourth-order valence-corrected chi connectivity index (χ4v) is 2.47. The number of carboxylic acid groups (broad SMARTS) is 1. The van der Waals surface area contributed by atoms with E-state index < -0.39 is 22.1 Å². The van der Waals surface area contributed by atoms with Crippen LogP contribution in [-0.2, 0) is 21.2 Å². The SMILES string of the molecule is CCC(O)CNS(=O)(=O)c1ccc(CC(=O)O)cc1. The van der Waals surface area contributed by atoms with Crippen LogP contribution in [0, 0.1) is 0 Å². The van der Waals surface area contributed by atoms with Crippen LogP contribution in [0.2, 0.25) is 0 Å². The topological polar surface area (TPSA) is 104 Å². The highest BCUT2D eigenvalue weighted by Crippen LogP contribution is 2.11. The standard InChI is InChI=1S/C12H17NO5S/c1-2-10(14)8-13-19(17,18)11-5-3-9(4-6-11)7-12(15)16/h3-6,10,13-14H,2,7-8H2,1H3,(H,15,16). The van der Waals surface area contributed by atoms with Crippen molar-refractivity contribution in [2.75, 3.05) is 6.54 Å². The largest absolute Gasteiger partial charge is 0.481 e. The summed E-state index contributed by atoms with van der Waals surface area (Å²) in [5.74, 6) is -0.972. The highest BCUT2D eigenvalue weighted by Gasteiger charge is 2.15. The van der Waals surface area contributed by atoms with E-state index in [9.17, 15) is 18.3 Å². The van der Waals surface area contributed by atoms with Gasteiger partial charge in [0.1, 0.15) is 0 Å². The molecule has 0 spiro atoms. The molecule has 1 aromatic rings. The maximum atomic E-state index is 11.8. The first-order valence-corrected chi connectivity index (χ1v) is 7.32. The first kappa shape index (κ1) is 15.6. The van der Waals surface area contributed by atoms with Crippen LogP contribution < -0.4 is 4.72 Å². The number of carbonyl (C=O) groups is 1. The molecule has 1 rings (SSSR count). The van der Waals surface area contributed by atoms with Gasteiger partial charge in [0.2, 0.25) is 10.0 Å². The number of sulfonamides is 1. The van der Waals surface area contributed by atoms with Crippen LogP contribution in [0.15, 0.2) is 29.2 Å². The van der Waals surface area contributed by atoms with Gasteiger partial charge in [-0.2, -0.15) is 0 Å². The van der Waals surface area contributed by atoms with Crippen molar-refractivity contribution in [3.63, 3.8) is 0 Å². The van der Waals surface area contributed by atoms with Crippen molar-refractivity contribution in [3.8, 4) is 0 Å². The maximum Gasteiger partial charge on any atom is 0.307 e. The van der Waals surface area contributed by atoms with E-state index in [2.05, 4.69) is 4.72 Å². The molecular weight excluding hydrogens is 270 g/mol. The molecule has 0 fully saturated rings. The van der Waals surface area contributed by atoms with Gasteiger partial charge in [0, 0.05) is 6.54 Å². The normalized spacial score (nSPS) is 13.2. The Bertz CT molecular complexity index is 524. The molecule has 0 amide bonds. The molecule has 0 bridgehead atoms. The van der Waals surface area contributed by atoms with Gasteiger partial charge in [-0.3, -0.25) is 4.79 Å². The number of aliphatic hydroxyl groups excluding tert-OH is 1. The third-order valence-electron chi connectivity index (χ3n) is 2.57. The molecule has 0 aliphatic heterocycles. The summed E-state index contributed by atoms with van der Waals surface area (Å²) in [6.07, 6.45) is -0.413. The Morgan fingerprint density at radius 1 is 1.32 bits per heavy atom. The van der Waals surface area contributed by atoms with Crippen LogP contribution >= 0.6 is 0 Å². The molecule has 0 radical (unpaired) electrons. The Morgan fingerprint density at radius 3 is 2.37 bits per heavy atom. The molecule has 6 nitrogen and oxygen atoms in total. The Balaban J connectivity index is 2.76. The Hall–Kier alpha value is -1.44. The smallest absolute Gasteiger partial charge is 0.307 e. The monoisotopic (exact) mass is 287 g/mol. The number of benzene rings is 1. The lowest BCUT2D eigenvalue weighted by atomic mass is 10.2. The first-order chi connectivity index (χ1) is 8.85. The van der Waals surface area contributed by atoms with E-state index in [-0.39, 0.29) is 17.9 Å². The molecule has 0 aromatic heterocycles. The summed E-state index contributed by atoms with van der Waals surface area (Å²) in [5, 5.41) is 17.9. The average Bonchev–Trinajstić information content (AvgIpc) is 2.36. The van der Waals surface area contributed by atoms with Crippen molar-refractivity contribution >= 4 is 16.0 Å². The van der Waals surface area contributed by atoms with E-state index in [1.54, 1.807) is 6.92 Å². The van der Waals surface area contributed by atoms with Crippen LogP contribution in [0.25, 0.3) is 0 Å². The summed E-state index contributed by atoms with van der Waals surface area (Å²) < 4.78 is 26.0. The second kappa shape index (κ2) is 6.65. The van der Waals surface area contributed by atoms with Crippen molar-refractivity contribution in [1.82, 2.24) is 4.72 Å². The Kier molecular flexibility index (Phi) is 5.46. The van der Waals surface area contributed by atoms with Crippen molar-refractivity contribution < 1.29 is 23.4 Å². The number of carboxylic acids is 1. The van der Waals surface area contributed by atoms with Crippen LogP contribution in [0.4, 0.5) is 0 Å². The second-order valence-corrected chi connectivity index (χ2v) is 5.90. The van der Waals surface area contributed by atoms with Gasteiger partial charge in [0.15, 0.2) is 0 Å². The van der Waals surface area contributed by atoms with Crippen molar-refractivity contribution in [2.45, 2.75) is 30.8 Å². The lowest BCUT2D eigenvalue weighted by molar-refractivity contribution is -0.136. The zero-order valence-electron chi connectivity index (χ0n) is 10.5. The molecule has 1 atom stereocenters. The summed E-state index contributed by atoms with van der Waals surface area (Å²) in [4.78, 5) is 10.5. The fourth-order valence-electron chi connectivity index (χ4n) is 1.39. The van der Waals surface area contributed by atoms with Crippen molar-refractivity contribution in [1.29, 1.82) is 0 Å². The molecule has 7 heteroatoms. The van der Waals surface area contributed by atoms with E-state index in [1.165, 1.54) is 24.3 Å². The predicted molar refractivity (Wildman–Crippen MR) is 69.3 cm³/mol. The average molecular weight is 287 g/mol. The van der Waals surface area contributed by atoms with E-state index in [0.29, 0.717) is 12.0 Å². The summed E-state index contributed by atoms with van der Waals surface area (Å²) >= 11 is 0. The highest BCUT2D eigenvalue weighted by molar-refractivity contribution is 7.89. The fraction of sp³-hybridized carbons (Fsp3) is 0.417. The van der Waals surface area contributed by atoms with Gasteiger partial charge in [-0.05, 0) is 24.1 Å². The number of hydrogen-bond donors (Lipinski definition) is 3. The minimum Gasteiger partial charge on any atom is -0.481 e. The molecule has 0 aliphatic carbocycles. The van der Waals surface area contributed by atoms with Gasteiger partial charge >= 0.3 is 5.97 Å². The van der Waals surface area contributed by atoms with Gasteiger partial charge in [-0.15, -0.1) is 0 Å². The quantitative estimate of drug-likeness (QED) is 0.672. The van der Waals surface area contributed by atoms with Gasteiger partial charge < -0.3 is 10.2 Å². The molecule has 0 saturated carbocycles. The van der Waals surface area contributed by atoms with Gasteiger partial charge in [-0.25, -0.2) is 13.1 Å². The highest BCUT2D eigenvalue weighted by atomic mass is 32.2. The maximum absolute atomic E-state index is 11.8. The Morgan fingerprint density at radius 2 is 1.89 bits per heavy atom. The number of nitrogens with one attached hydrogen (secondary N) is 1. The molecule has 0 aliphatic rings. The van der Waals surface area contributed by atoms with Crippen LogP contribution in [0.5, 0.6) is 0 Å². The third-order valence-corrected chi connectivity index (χ3v) is 4.01. The molecule has 106 valence electrons. The number of aliphatic hydroxyl groups is 1. The van der Waals surface area contributed by atoms with Gasteiger partial charge in [-0.1, -0.05) is 19.1 Å². The minimum absolute atomic E-state index is 0.0459. The van der Waals surface area contributed by atoms with Gasteiger partial charge in [0.25, 0.3) is 0 Å². The molecular formula is C12H17NO5S. The summed E-state index contributed by atoms with van der Waals surface area (Å²) in [6, 6.07) is 5.61. The number of rotatable bonds is 7. The molecule has 3 N–H and O–H groups in total. The van der Waals surface area contributed by atoms with E-state index in [0.717, 1.165) is 0 Å². The van der Waals surface area contributed by atoms with Crippen LogP contribution in [-0.4, -0.2) is 37.2 Å². The summed E-state index contributed by atoms with van der Waals surface area (Å²) in [6.45, 7) is 1.70. The number of aliphatic carboxylic acids is 1. The van der Waals surface area contributed by atoms with Crippen molar-refractivity contribution in [3.05, 3.63) is 29.8 Å². The first-order valence-electron chi connectivity index (χ1n) is 5.83. The zero-order valence-corrected chi connectivity index (χ0v) is 11.4. The molecule has 0 saturated heterocycles. The zero-order chi connectivity index (χ0) is 14.5. The van der Waals surface area contributed by atoms with Crippen LogP contribution in [0.1, 0.15) is 18.9 Å². The summed E-state index contributed by atoms with van der Waals surface area (Å²) in [7, 11) is -3.67. The van der Waals surface area contributed by atoms with E-state index >= 15 is 0 Å². The second-order valence-electron chi connectivity index (χ2n) is 4.13. The van der Waals surface area contributed by atoms with E-state index in [1.807, 2.05) is 0 Å². The molecule has 19 heavy (non-hydrogen) atoms. The van der Waals surface area contributed by atoms with Crippen molar-refractivity contribution in [2.24, 2.45) is 0 Å².